The molecule has 0 unspecified atom stereocenters. The minimum Gasteiger partial charge on any atom is -0.494 e. The quantitative estimate of drug-likeness (QED) is 0.531. The van der Waals surface area contributed by atoms with Crippen LogP contribution in [0.3, 0.4) is 0 Å². The maximum Gasteiger partial charge on any atom is 0.243 e. The summed E-state index contributed by atoms with van der Waals surface area (Å²) < 4.78 is 11.3. The highest BCUT2D eigenvalue weighted by Gasteiger charge is 2.04. The Bertz CT molecular complexity index is 880. The van der Waals surface area contributed by atoms with E-state index in [1.165, 1.54) is 0 Å². The van der Waals surface area contributed by atoms with Gasteiger partial charge in [-0.05, 0) is 55.0 Å². The van der Waals surface area contributed by atoms with Crippen LogP contribution in [0, 0.1) is 0 Å². The van der Waals surface area contributed by atoms with E-state index in [1.54, 1.807) is 0 Å². The molecule has 2 N–H and O–H groups in total. The van der Waals surface area contributed by atoms with Gasteiger partial charge in [0.25, 0.3) is 0 Å². The van der Waals surface area contributed by atoms with Crippen molar-refractivity contribution in [3.63, 3.8) is 0 Å². The number of hydrogen-bond donors (Lipinski definition) is 2. The van der Waals surface area contributed by atoms with E-state index in [4.69, 9.17) is 9.47 Å². The van der Waals surface area contributed by atoms with Crippen LogP contribution in [0.5, 0.6) is 17.2 Å². The molecule has 0 aliphatic carbocycles. The van der Waals surface area contributed by atoms with E-state index >= 15 is 0 Å². The van der Waals surface area contributed by atoms with Gasteiger partial charge in [-0.2, -0.15) is 0 Å². The maximum atomic E-state index is 12.2. The lowest BCUT2D eigenvalue weighted by Gasteiger charge is -2.10. The molecular weight excluding hydrogens is 352 g/mol. The summed E-state index contributed by atoms with van der Waals surface area (Å²) in [5.41, 5.74) is 1.56. The molecule has 0 atom stereocenters. The molecule has 3 aromatic rings. The van der Waals surface area contributed by atoms with E-state index in [0.29, 0.717) is 12.3 Å². The van der Waals surface area contributed by atoms with Crippen LogP contribution in [-0.4, -0.2) is 19.1 Å². The van der Waals surface area contributed by atoms with E-state index in [-0.39, 0.29) is 12.5 Å². The Morgan fingerprint density at radius 1 is 0.821 bits per heavy atom. The van der Waals surface area contributed by atoms with Crippen LogP contribution >= 0.6 is 0 Å². The van der Waals surface area contributed by atoms with Crippen LogP contribution in [0.15, 0.2) is 78.9 Å². The van der Waals surface area contributed by atoms with Crippen LogP contribution in [0.2, 0.25) is 0 Å². The van der Waals surface area contributed by atoms with Gasteiger partial charge < -0.3 is 20.1 Å². The van der Waals surface area contributed by atoms with Gasteiger partial charge in [0.2, 0.25) is 5.91 Å². The van der Waals surface area contributed by atoms with Gasteiger partial charge in [-0.1, -0.05) is 31.2 Å². The van der Waals surface area contributed by atoms with Crippen molar-refractivity contribution in [1.29, 1.82) is 0 Å². The summed E-state index contributed by atoms with van der Waals surface area (Å²) in [7, 11) is 0. The molecule has 0 aliphatic rings. The Balaban J connectivity index is 1.48. The number of anilines is 2. The molecular formula is C23H24N2O3. The van der Waals surface area contributed by atoms with Crippen molar-refractivity contribution in [3.05, 3.63) is 78.9 Å². The molecule has 5 heteroatoms. The van der Waals surface area contributed by atoms with Gasteiger partial charge >= 0.3 is 0 Å². The van der Waals surface area contributed by atoms with Crippen molar-refractivity contribution in [2.24, 2.45) is 0 Å². The molecule has 5 nitrogen and oxygen atoms in total. The Morgan fingerprint density at radius 2 is 1.54 bits per heavy atom. The second-order valence-corrected chi connectivity index (χ2v) is 6.22. The number of nitrogens with one attached hydrogen (secondary N) is 2. The average molecular weight is 376 g/mol. The Kier molecular flexibility index (Phi) is 6.90. The SMILES string of the molecule is CCCOc1cccc(NC(=O)CNc2ccc(Oc3ccccc3)cc2)c1. The van der Waals surface area contributed by atoms with E-state index < -0.39 is 0 Å². The molecule has 0 fully saturated rings. The van der Waals surface area contributed by atoms with Gasteiger partial charge in [0.05, 0.1) is 13.2 Å². The molecule has 3 rings (SSSR count). The first-order chi connectivity index (χ1) is 13.7. The first-order valence-electron chi connectivity index (χ1n) is 9.32. The average Bonchev–Trinajstić information content (AvgIpc) is 2.73. The molecule has 0 aliphatic heterocycles. The first kappa shape index (κ1) is 19.3. The predicted molar refractivity (Wildman–Crippen MR) is 112 cm³/mol. The molecule has 1 amide bonds. The second kappa shape index (κ2) is 10.0. The fourth-order valence-electron chi connectivity index (χ4n) is 2.54. The third kappa shape index (κ3) is 6.06. The van der Waals surface area contributed by atoms with Gasteiger partial charge in [0, 0.05) is 17.4 Å². The summed E-state index contributed by atoms with van der Waals surface area (Å²) in [6.45, 7) is 2.87. The number of carbonyl (C=O) groups excluding carboxylic acids is 1. The summed E-state index contributed by atoms with van der Waals surface area (Å²) in [5.74, 6) is 2.15. The minimum absolute atomic E-state index is 0.128. The van der Waals surface area contributed by atoms with E-state index in [9.17, 15) is 4.79 Å². The number of benzene rings is 3. The molecule has 0 radical (unpaired) electrons. The fraction of sp³-hybridized carbons (Fsp3) is 0.174. The fourth-order valence-corrected chi connectivity index (χ4v) is 2.54. The van der Waals surface area contributed by atoms with Gasteiger partial charge in [0.1, 0.15) is 17.2 Å². The number of carbonyl (C=O) groups is 1. The highest BCUT2D eigenvalue weighted by molar-refractivity contribution is 5.93. The third-order valence-corrected chi connectivity index (χ3v) is 3.88. The summed E-state index contributed by atoms with van der Waals surface area (Å²) in [5, 5.41) is 5.97. The standard InChI is InChI=1S/C23H24N2O3/c1-2-15-27-22-10-6-7-19(16-22)25-23(26)17-24-18-11-13-21(14-12-18)28-20-8-4-3-5-9-20/h3-14,16,24H,2,15,17H2,1H3,(H,25,26). The molecule has 0 bridgehead atoms. The van der Waals surface area contributed by atoms with Crippen LogP contribution in [0.1, 0.15) is 13.3 Å². The lowest BCUT2D eigenvalue weighted by atomic mass is 10.3. The molecule has 28 heavy (non-hydrogen) atoms. The largest absolute Gasteiger partial charge is 0.494 e. The van der Waals surface area contributed by atoms with Crippen molar-refractivity contribution >= 4 is 17.3 Å². The topological polar surface area (TPSA) is 59.6 Å². The zero-order valence-electron chi connectivity index (χ0n) is 15.9. The number of hydrogen-bond acceptors (Lipinski definition) is 4. The lowest BCUT2D eigenvalue weighted by molar-refractivity contribution is -0.114. The van der Waals surface area contributed by atoms with E-state index in [0.717, 1.165) is 29.4 Å². The van der Waals surface area contributed by atoms with E-state index in [1.807, 2.05) is 78.9 Å². The molecule has 0 aromatic heterocycles. The van der Waals surface area contributed by atoms with E-state index in [2.05, 4.69) is 17.6 Å². The number of rotatable bonds is 9. The Morgan fingerprint density at radius 3 is 2.29 bits per heavy atom. The minimum atomic E-state index is -0.128. The van der Waals surface area contributed by atoms with Crippen LogP contribution in [0.4, 0.5) is 11.4 Å². The second-order valence-electron chi connectivity index (χ2n) is 6.22. The summed E-state index contributed by atoms with van der Waals surface area (Å²) in [6, 6.07) is 24.5. The monoisotopic (exact) mass is 376 g/mol. The lowest BCUT2D eigenvalue weighted by Crippen LogP contribution is -2.21. The molecule has 0 saturated carbocycles. The number of ether oxygens (including phenoxy) is 2. The summed E-state index contributed by atoms with van der Waals surface area (Å²) >= 11 is 0. The number of amides is 1. The summed E-state index contributed by atoms with van der Waals surface area (Å²) in [6.07, 6.45) is 0.940. The van der Waals surface area contributed by atoms with Crippen molar-refractivity contribution in [2.45, 2.75) is 13.3 Å². The smallest absolute Gasteiger partial charge is 0.243 e. The predicted octanol–water partition coefficient (Wildman–Crippen LogP) is 5.32. The molecule has 0 spiro atoms. The first-order valence-corrected chi connectivity index (χ1v) is 9.32. The van der Waals surface area contributed by atoms with Crippen molar-refractivity contribution in [1.82, 2.24) is 0 Å². The summed E-state index contributed by atoms with van der Waals surface area (Å²) in [4.78, 5) is 12.2. The molecule has 144 valence electrons. The van der Waals surface area contributed by atoms with Crippen LogP contribution in [0.25, 0.3) is 0 Å². The van der Waals surface area contributed by atoms with Crippen molar-refractivity contribution in [2.75, 3.05) is 23.8 Å². The normalized spacial score (nSPS) is 10.2. The zero-order chi connectivity index (χ0) is 19.6. The van der Waals surface area contributed by atoms with Crippen molar-refractivity contribution < 1.29 is 14.3 Å². The third-order valence-electron chi connectivity index (χ3n) is 3.88. The van der Waals surface area contributed by atoms with Gasteiger partial charge in [-0.15, -0.1) is 0 Å². The highest BCUT2D eigenvalue weighted by atomic mass is 16.5. The van der Waals surface area contributed by atoms with Crippen LogP contribution < -0.4 is 20.1 Å². The van der Waals surface area contributed by atoms with Gasteiger partial charge in [0.15, 0.2) is 0 Å². The highest BCUT2D eigenvalue weighted by Crippen LogP contribution is 2.22. The molecule has 0 heterocycles. The van der Waals surface area contributed by atoms with Crippen LogP contribution in [-0.2, 0) is 4.79 Å². The number of para-hydroxylation sites is 1. The molecule has 3 aromatic carbocycles. The Hall–Kier alpha value is -3.47. The Labute approximate surface area is 165 Å². The zero-order valence-corrected chi connectivity index (χ0v) is 15.9. The van der Waals surface area contributed by atoms with Crippen molar-refractivity contribution in [3.8, 4) is 17.2 Å². The maximum absolute atomic E-state index is 12.2. The van der Waals surface area contributed by atoms with Gasteiger partial charge in [-0.25, -0.2) is 0 Å². The van der Waals surface area contributed by atoms with Gasteiger partial charge in [-0.3, -0.25) is 4.79 Å². The molecule has 0 saturated heterocycles.